The predicted octanol–water partition coefficient (Wildman–Crippen LogP) is 2.28. The molecule has 2 aromatic rings. The van der Waals surface area contributed by atoms with Gasteiger partial charge in [0.15, 0.2) is 0 Å². The number of H-pyrrole nitrogens is 1. The number of hydrogen-bond donors (Lipinski definition) is 1. The molecule has 0 spiro atoms. The van der Waals surface area contributed by atoms with Gasteiger partial charge in [0.2, 0.25) is 0 Å². The van der Waals surface area contributed by atoms with Gasteiger partial charge in [-0.1, -0.05) is 6.07 Å². The van der Waals surface area contributed by atoms with Gasteiger partial charge >= 0.3 is 0 Å². The molecule has 0 unspecified atom stereocenters. The van der Waals surface area contributed by atoms with E-state index in [0.717, 1.165) is 30.5 Å². The zero-order valence-corrected chi connectivity index (χ0v) is 10.2. The Morgan fingerprint density at radius 1 is 1.38 bits per heavy atom. The Morgan fingerprint density at radius 2 is 2.25 bits per heavy atom. The lowest BCUT2D eigenvalue weighted by atomic mass is 10.1. The second kappa shape index (κ2) is 5.32. The molecule has 0 aliphatic rings. The smallest absolute Gasteiger partial charge is 0.0931 e. The fourth-order valence-electron chi connectivity index (χ4n) is 1.71. The summed E-state index contributed by atoms with van der Waals surface area (Å²) in [5.74, 6) is 0.691. The van der Waals surface area contributed by atoms with E-state index in [1.54, 1.807) is 6.33 Å². The maximum atomic E-state index is 5.69. The van der Waals surface area contributed by atoms with Crippen LogP contribution in [0.4, 0.5) is 0 Å². The SMILES string of the molecule is CN(CCCl)CCc1ccc2nc[nH]c2c1. The number of nitrogens with one attached hydrogen (secondary N) is 1. The third-order valence-electron chi connectivity index (χ3n) is 2.73. The number of halogens is 1. The Hall–Kier alpha value is -1.06. The number of aromatic amines is 1. The van der Waals surface area contributed by atoms with Crippen LogP contribution < -0.4 is 0 Å². The van der Waals surface area contributed by atoms with Crippen LogP contribution in [0, 0.1) is 0 Å². The second-order valence-corrected chi connectivity index (χ2v) is 4.37. The van der Waals surface area contributed by atoms with Gasteiger partial charge in [-0.25, -0.2) is 4.98 Å². The van der Waals surface area contributed by atoms with Crippen molar-refractivity contribution in [3.63, 3.8) is 0 Å². The second-order valence-electron chi connectivity index (χ2n) is 4.00. The minimum Gasteiger partial charge on any atom is -0.345 e. The fourth-order valence-corrected chi connectivity index (χ4v) is 2.00. The molecule has 0 aliphatic heterocycles. The molecule has 0 bridgehead atoms. The average molecular weight is 238 g/mol. The monoisotopic (exact) mass is 237 g/mol. The van der Waals surface area contributed by atoms with E-state index in [4.69, 9.17) is 11.6 Å². The molecule has 16 heavy (non-hydrogen) atoms. The lowest BCUT2D eigenvalue weighted by Crippen LogP contribution is -2.23. The van der Waals surface area contributed by atoms with Crippen molar-refractivity contribution < 1.29 is 0 Å². The molecule has 86 valence electrons. The van der Waals surface area contributed by atoms with Crippen LogP contribution in [0.25, 0.3) is 11.0 Å². The van der Waals surface area contributed by atoms with Crippen molar-refractivity contribution in [2.45, 2.75) is 6.42 Å². The first-order chi connectivity index (χ1) is 7.79. The van der Waals surface area contributed by atoms with Gasteiger partial charge < -0.3 is 9.88 Å². The van der Waals surface area contributed by atoms with Crippen molar-refractivity contribution in [1.82, 2.24) is 14.9 Å². The molecular formula is C12H16ClN3. The normalized spacial score (nSPS) is 11.4. The summed E-state index contributed by atoms with van der Waals surface area (Å²) in [6.07, 6.45) is 2.77. The first kappa shape index (κ1) is 11.4. The van der Waals surface area contributed by atoms with Gasteiger partial charge in [0.05, 0.1) is 17.4 Å². The van der Waals surface area contributed by atoms with Crippen LogP contribution in [0.15, 0.2) is 24.5 Å². The summed E-state index contributed by atoms with van der Waals surface area (Å²) in [6.45, 7) is 1.97. The maximum Gasteiger partial charge on any atom is 0.0931 e. The molecule has 2 rings (SSSR count). The maximum absolute atomic E-state index is 5.69. The van der Waals surface area contributed by atoms with Crippen LogP contribution >= 0.6 is 11.6 Å². The van der Waals surface area contributed by atoms with Crippen molar-refractivity contribution in [2.75, 3.05) is 26.0 Å². The zero-order chi connectivity index (χ0) is 11.4. The van der Waals surface area contributed by atoms with Gasteiger partial charge in [-0.3, -0.25) is 0 Å². The van der Waals surface area contributed by atoms with Crippen LogP contribution in [-0.4, -0.2) is 40.9 Å². The van der Waals surface area contributed by atoms with E-state index >= 15 is 0 Å². The van der Waals surface area contributed by atoms with E-state index in [1.807, 2.05) is 0 Å². The van der Waals surface area contributed by atoms with E-state index in [2.05, 4.69) is 40.1 Å². The number of aromatic nitrogens is 2. The highest BCUT2D eigenvalue weighted by Crippen LogP contribution is 2.12. The molecule has 0 radical (unpaired) electrons. The highest BCUT2D eigenvalue weighted by atomic mass is 35.5. The number of benzene rings is 1. The average Bonchev–Trinajstić information content (AvgIpc) is 2.74. The van der Waals surface area contributed by atoms with Crippen molar-refractivity contribution in [3.05, 3.63) is 30.1 Å². The third kappa shape index (κ3) is 2.74. The standard InChI is InChI=1S/C12H16ClN3/c1-16(7-5-13)6-4-10-2-3-11-12(8-10)15-9-14-11/h2-3,8-9H,4-7H2,1H3,(H,14,15). The van der Waals surface area contributed by atoms with E-state index in [1.165, 1.54) is 5.56 Å². The molecule has 4 heteroatoms. The fraction of sp³-hybridized carbons (Fsp3) is 0.417. The van der Waals surface area contributed by atoms with Gasteiger partial charge in [-0.2, -0.15) is 0 Å². The Kier molecular flexibility index (Phi) is 3.80. The number of likely N-dealkylation sites (N-methyl/N-ethyl adjacent to an activating group) is 1. The highest BCUT2D eigenvalue weighted by Gasteiger charge is 2.01. The van der Waals surface area contributed by atoms with Crippen molar-refractivity contribution >= 4 is 22.6 Å². The Balaban J connectivity index is 1.98. The van der Waals surface area contributed by atoms with Gasteiger partial charge in [-0.05, 0) is 31.2 Å². The highest BCUT2D eigenvalue weighted by molar-refractivity contribution is 6.18. The topological polar surface area (TPSA) is 31.9 Å². The predicted molar refractivity (Wildman–Crippen MR) is 68.0 cm³/mol. The summed E-state index contributed by atoms with van der Waals surface area (Å²) < 4.78 is 0. The lowest BCUT2D eigenvalue weighted by Gasteiger charge is -2.14. The van der Waals surface area contributed by atoms with E-state index in [0.29, 0.717) is 5.88 Å². The molecule has 3 nitrogen and oxygen atoms in total. The molecule has 0 saturated heterocycles. The summed E-state index contributed by atoms with van der Waals surface area (Å²) >= 11 is 5.69. The number of rotatable bonds is 5. The van der Waals surface area contributed by atoms with Crippen molar-refractivity contribution in [2.24, 2.45) is 0 Å². The Bertz CT molecular complexity index is 452. The van der Waals surface area contributed by atoms with Crippen LogP contribution in [0.5, 0.6) is 0 Å². The molecule has 1 aromatic carbocycles. The number of hydrogen-bond acceptors (Lipinski definition) is 2. The summed E-state index contributed by atoms with van der Waals surface area (Å²) in [6, 6.07) is 6.36. The quantitative estimate of drug-likeness (QED) is 0.810. The largest absolute Gasteiger partial charge is 0.345 e. The summed E-state index contributed by atoms with van der Waals surface area (Å²) in [7, 11) is 2.09. The third-order valence-corrected chi connectivity index (χ3v) is 2.90. The number of fused-ring (bicyclic) bond motifs is 1. The number of alkyl halides is 1. The molecule has 0 atom stereocenters. The van der Waals surface area contributed by atoms with Gasteiger partial charge in [-0.15, -0.1) is 11.6 Å². The van der Waals surface area contributed by atoms with Gasteiger partial charge in [0.25, 0.3) is 0 Å². The summed E-state index contributed by atoms with van der Waals surface area (Å²) in [5, 5.41) is 0. The Morgan fingerprint density at radius 3 is 3.06 bits per heavy atom. The molecule has 0 amide bonds. The molecule has 0 fully saturated rings. The minimum absolute atomic E-state index is 0.691. The van der Waals surface area contributed by atoms with Crippen molar-refractivity contribution in [3.8, 4) is 0 Å². The number of imidazole rings is 1. The van der Waals surface area contributed by atoms with Crippen LogP contribution in [0.1, 0.15) is 5.56 Å². The zero-order valence-electron chi connectivity index (χ0n) is 9.41. The van der Waals surface area contributed by atoms with E-state index in [-0.39, 0.29) is 0 Å². The first-order valence-electron chi connectivity index (χ1n) is 5.46. The summed E-state index contributed by atoms with van der Waals surface area (Å²) in [5.41, 5.74) is 3.47. The van der Waals surface area contributed by atoms with Crippen LogP contribution in [-0.2, 0) is 6.42 Å². The summed E-state index contributed by atoms with van der Waals surface area (Å²) in [4.78, 5) is 9.57. The minimum atomic E-state index is 0.691. The van der Waals surface area contributed by atoms with Crippen LogP contribution in [0.3, 0.4) is 0 Å². The first-order valence-corrected chi connectivity index (χ1v) is 5.99. The lowest BCUT2D eigenvalue weighted by molar-refractivity contribution is 0.359. The molecular weight excluding hydrogens is 222 g/mol. The molecule has 0 saturated carbocycles. The molecule has 1 heterocycles. The van der Waals surface area contributed by atoms with E-state index in [9.17, 15) is 0 Å². The number of nitrogens with zero attached hydrogens (tertiary/aromatic N) is 2. The van der Waals surface area contributed by atoms with Crippen LogP contribution in [0.2, 0.25) is 0 Å². The van der Waals surface area contributed by atoms with Gasteiger partial charge in [0.1, 0.15) is 0 Å². The molecule has 1 aromatic heterocycles. The van der Waals surface area contributed by atoms with E-state index < -0.39 is 0 Å². The Labute approximate surface area is 100 Å². The molecule has 1 N–H and O–H groups in total. The van der Waals surface area contributed by atoms with Gasteiger partial charge in [0, 0.05) is 19.0 Å². The van der Waals surface area contributed by atoms with Crippen molar-refractivity contribution in [1.29, 1.82) is 0 Å². The molecule has 0 aliphatic carbocycles.